The Morgan fingerprint density at radius 1 is 1.00 bits per heavy atom. The number of nitrogens with one attached hydrogen (secondary N) is 3. The molecule has 3 N–H and O–H groups in total. The monoisotopic (exact) mass is 335 g/mol. The molecule has 3 amide bonds. The van der Waals surface area contributed by atoms with Gasteiger partial charge in [-0.3, -0.25) is 4.79 Å². The first-order chi connectivity index (χ1) is 11.1. The van der Waals surface area contributed by atoms with Crippen molar-refractivity contribution in [3.8, 4) is 0 Å². The van der Waals surface area contributed by atoms with Gasteiger partial charge in [0.25, 0.3) is 5.91 Å². The van der Waals surface area contributed by atoms with E-state index in [0.29, 0.717) is 11.3 Å². The molecule has 0 spiro atoms. The van der Waals surface area contributed by atoms with Gasteiger partial charge in [0.1, 0.15) is 5.82 Å². The zero-order valence-corrected chi connectivity index (χ0v) is 12.9. The Kier molecular flexibility index (Phi) is 5.94. The fourth-order valence-corrected chi connectivity index (χ4v) is 1.97. The summed E-state index contributed by atoms with van der Waals surface area (Å²) in [6.07, 6.45) is 0. The molecule has 23 heavy (non-hydrogen) atoms. The molecule has 2 aromatic carbocycles. The molecule has 2 rings (SSSR count). The van der Waals surface area contributed by atoms with Crippen LogP contribution in [0.15, 0.2) is 48.5 Å². The van der Waals surface area contributed by atoms with Crippen molar-refractivity contribution in [1.82, 2.24) is 10.6 Å². The highest BCUT2D eigenvalue weighted by Gasteiger charge is 2.06. The number of anilines is 1. The van der Waals surface area contributed by atoms with Crippen molar-refractivity contribution in [1.29, 1.82) is 0 Å². The number of hydrogen-bond donors (Lipinski definition) is 3. The summed E-state index contributed by atoms with van der Waals surface area (Å²) >= 11 is 5.62. The fraction of sp³-hybridized carbons (Fsp3) is 0.125. The SMILES string of the molecule is O=C(NCCNC(=O)c1ccccc1)Nc1ccc(F)c(Cl)c1. The molecular formula is C16H15ClFN3O2. The second kappa shape index (κ2) is 8.14. The maximum Gasteiger partial charge on any atom is 0.319 e. The van der Waals surface area contributed by atoms with E-state index >= 15 is 0 Å². The average molecular weight is 336 g/mol. The van der Waals surface area contributed by atoms with Gasteiger partial charge in [-0.05, 0) is 30.3 Å². The Labute approximate surface area is 137 Å². The van der Waals surface area contributed by atoms with Crippen molar-refractivity contribution in [2.24, 2.45) is 0 Å². The molecule has 0 atom stereocenters. The molecule has 0 aromatic heterocycles. The summed E-state index contributed by atoms with van der Waals surface area (Å²) in [5.74, 6) is -0.764. The Morgan fingerprint density at radius 2 is 1.70 bits per heavy atom. The number of hydrogen-bond acceptors (Lipinski definition) is 2. The Balaban J connectivity index is 1.70. The van der Waals surface area contributed by atoms with Crippen LogP contribution in [0.5, 0.6) is 0 Å². The molecule has 5 nitrogen and oxygen atoms in total. The summed E-state index contributed by atoms with van der Waals surface area (Å²) in [7, 11) is 0. The Morgan fingerprint density at radius 3 is 2.39 bits per heavy atom. The number of benzene rings is 2. The molecule has 0 aliphatic heterocycles. The third-order valence-electron chi connectivity index (χ3n) is 2.91. The molecule has 0 fully saturated rings. The lowest BCUT2D eigenvalue weighted by Crippen LogP contribution is -2.36. The van der Waals surface area contributed by atoms with E-state index in [9.17, 15) is 14.0 Å². The molecule has 0 saturated heterocycles. The third kappa shape index (κ3) is 5.27. The summed E-state index contributed by atoms with van der Waals surface area (Å²) in [5.41, 5.74) is 0.931. The Bertz CT molecular complexity index is 695. The van der Waals surface area contributed by atoms with Crippen molar-refractivity contribution in [3.63, 3.8) is 0 Å². The summed E-state index contributed by atoms with van der Waals surface area (Å²) in [5, 5.41) is 7.70. The van der Waals surface area contributed by atoms with Gasteiger partial charge in [0.15, 0.2) is 0 Å². The summed E-state index contributed by atoms with van der Waals surface area (Å²) in [6, 6.07) is 12.2. The standard InChI is InChI=1S/C16H15ClFN3O2/c17-13-10-12(6-7-14(13)18)21-16(23)20-9-8-19-15(22)11-4-2-1-3-5-11/h1-7,10H,8-9H2,(H,19,22)(H2,20,21,23). The third-order valence-corrected chi connectivity index (χ3v) is 3.20. The van der Waals surface area contributed by atoms with E-state index < -0.39 is 11.8 Å². The van der Waals surface area contributed by atoms with E-state index in [1.165, 1.54) is 12.1 Å². The first-order valence-electron chi connectivity index (χ1n) is 6.89. The Hall–Kier alpha value is -2.60. The van der Waals surface area contributed by atoms with Gasteiger partial charge in [0.05, 0.1) is 5.02 Å². The van der Waals surface area contributed by atoms with Crippen LogP contribution in [0.4, 0.5) is 14.9 Å². The van der Waals surface area contributed by atoms with E-state index in [0.717, 1.165) is 6.07 Å². The van der Waals surface area contributed by atoms with Crippen molar-refractivity contribution >= 4 is 29.2 Å². The van der Waals surface area contributed by atoms with Crippen LogP contribution in [-0.2, 0) is 0 Å². The van der Waals surface area contributed by atoms with Gasteiger partial charge in [-0.2, -0.15) is 0 Å². The van der Waals surface area contributed by atoms with Gasteiger partial charge in [-0.1, -0.05) is 29.8 Å². The van der Waals surface area contributed by atoms with Crippen LogP contribution in [0.25, 0.3) is 0 Å². The lowest BCUT2D eigenvalue weighted by molar-refractivity contribution is 0.0954. The minimum atomic E-state index is -0.554. The van der Waals surface area contributed by atoms with E-state index in [4.69, 9.17) is 11.6 Å². The van der Waals surface area contributed by atoms with Gasteiger partial charge in [-0.15, -0.1) is 0 Å². The van der Waals surface area contributed by atoms with Crippen molar-refractivity contribution in [2.45, 2.75) is 0 Å². The van der Waals surface area contributed by atoms with Crippen LogP contribution < -0.4 is 16.0 Å². The van der Waals surface area contributed by atoms with E-state index in [1.807, 2.05) is 6.07 Å². The predicted octanol–water partition coefficient (Wildman–Crippen LogP) is 3.03. The van der Waals surface area contributed by atoms with Crippen LogP contribution in [0.3, 0.4) is 0 Å². The number of carbonyl (C=O) groups excluding carboxylic acids is 2. The highest BCUT2D eigenvalue weighted by Crippen LogP contribution is 2.19. The minimum Gasteiger partial charge on any atom is -0.350 e. The molecule has 7 heteroatoms. The first kappa shape index (κ1) is 16.8. The number of urea groups is 1. The second-order valence-electron chi connectivity index (χ2n) is 4.63. The lowest BCUT2D eigenvalue weighted by atomic mass is 10.2. The molecule has 0 radical (unpaired) electrons. The lowest BCUT2D eigenvalue weighted by Gasteiger charge is -2.09. The van der Waals surface area contributed by atoms with Gasteiger partial charge in [0.2, 0.25) is 0 Å². The molecule has 0 unspecified atom stereocenters. The quantitative estimate of drug-likeness (QED) is 0.735. The first-order valence-corrected chi connectivity index (χ1v) is 7.27. The molecule has 2 aromatic rings. The van der Waals surface area contributed by atoms with Crippen LogP contribution in [-0.4, -0.2) is 25.0 Å². The second-order valence-corrected chi connectivity index (χ2v) is 5.04. The topological polar surface area (TPSA) is 70.2 Å². The van der Waals surface area contributed by atoms with Crippen molar-refractivity contribution in [2.75, 3.05) is 18.4 Å². The van der Waals surface area contributed by atoms with E-state index in [1.54, 1.807) is 24.3 Å². The normalized spacial score (nSPS) is 10.0. The highest BCUT2D eigenvalue weighted by atomic mass is 35.5. The van der Waals surface area contributed by atoms with Crippen LogP contribution in [0.2, 0.25) is 5.02 Å². The van der Waals surface area contributed by atoms with Gasteiger partial charge in [0, 0.05) is 24.3 Å². The molecule has 0 aliphatic rings. The largest absolute Gasteiger partial charge is 0.350 e. The highest BCUT2D eigenvalue weighted by molar-refractivity contribution is 6.31. The number of rotatable bonds is 5. The summed E-state index contributed by atoms with van der Waals surface area (Å²) in [4.78, 5) is 23.4. The van der Waals surface area contributed by atoms with Gasteiger partial charge >= 0.3 is 6.03 Å². The molecule has 120 valence electrons. The average Bonchev–Trinajstić information content (AvgIpc) is 2.55. The summed E-state index contributed by atoms with van der Waals surface area (Å²) in [6.45, 7) is 0.532. The number of amides is 3. The molecule has 0 aliphatic carbocycles. The minimum absolute atomic E-state index is 0.0714. The molecular weight excluding hydrogens is 321 g/mol. The van der Waals surface area contributed by atoms with Crippen molar-refractivity contribution in [3.05, 3.63) is 64.9 Å². The van der Waals surface area contributed by atoms with Crippen molar-refractivity contribution < 1.29 is 14.0 Å². The zero-order valence-electron chi connectivity index (χ0n) is 12.1. The molecule has 0 bridgehead atoms. The summed E-state index contributed by atoms with van der Waals surface area (Å²) < 4.78 is 13.0. The fourth-order valence-electron chi connectivity index (χ4n) is 1.79. The van der Waals surface area contributed by atoms with E-state index in [-0.39, 0.29) is 24.0 Å². The number of halogens is 2. The predicted molar refractivity (Wildman–Crippen MR) is 87.2 cm³/mol. The van der Waals surface area contributed by atoms with Crippen LogP contribution >= 0.6 is 11.6 Å². The molecule has 0 heterocycles. The van der Waals surface area contributed by atoms with E-state index in [2.05, 4.69) is 16.0 Å². The maximum absolute atomic E-state index is 13.0. The van der Waals surface area contributed by atoms with Crippen LogP contribution in [0.1, 0.15) is 10.4 Å². The van der Waals surface area contributed by atoms with Gasteiger partial charge in [-0.25, -0.2) is 9.18 Å². The maximum atomic E-state index is 13.0. The zero-order chi connectivity index (χ0) is 16.7. The van der Waals surface area contributed by atoms with Gasteiger partial charge < -0.3 is 16.0 Å². The molecule has 0 saturated carbocycles. The smallest absolute Gasteiger partial charge is 0.319 e. The number of carbonyl (C=O) groups is 2. The van der Waals surface area contributed by atoms with Crippen LogP contribution in [0, 0.1) is 5.82 Å².